The number of azide groups is 1. The maximum absolute atomic E-state index is 14.9. The van der Waals surface area contributed by atoms with Crippen molar-refractivity contribution in [2.24, 2.45) is 5.11 Å². The predicted octanol–water partition coefficient (Wildman–Crippen LogP) is 7.54. The van der Waals surface area contributed by atoms with Crippen molar-refractivity contribution in [1.29, 1.82) is 0 Å². The zero-order chi connectivity index (χ0) is 29.3. The number of hydrogen-bond acceptors (Lipinski definition) is 4. The minimum atomic E-state index is -0.466. The molecule has 3 aromatic rings. The first kappa shape index (κ1) is 28.6. The molecule has 8 nitrogen and oxygen atoms in total. The van der Waals surface area contributed by atoms with Crippen LogP contribution in [0.4, 0.5) is 4.39 Å². The smallest absolute Gasteiger partial charge is 0.278 e. The van der Waals surface area contributed by atoms with Gasteiger partial charge in [0.25, 0.3) is 5.56 Å². The number of imidazole rings is 1. The molecule has 2 aliphatic rings. The van der Waals surface area contributed by atoms with Gasteiger partial charge in [0, 0.05) is 30.5 Å². The number of H-pyrrole nitrogens is 1. The Hall–Kier alpha value is -4.88. The molecule has 0 radical (unpaired) electrons. The number of halogens is 1. The molecule has 0 saturated carbocycles. The van der Waals surface area contributed by atoms with Crippen LogP contribution in [0.1, 0.15) is 53.8 Å². The number of aromatic amines is 1. The summed E-state index contributed by atoms with van der Waals surface area (Å²) in [5.41, 5.74) is 14.0. The molecule has 9 heteroatoms. The number of aryl methyl sites for hydroxylation is 1. The van der Waals surface area contributed by atoms with Gasteiger partial charge in [0.2, 0.25) is 0 Å². The second kappa shape index (κ2) is 13.7. The molecule has 0 atom stereocenters. The summed E-state index contributed by atoms with van der Waals surface area (Å²) in [6, 6.07) is 23.0. The monoisotopic (exact) mass is 564 g/mol. The number of ether oxygens (including phenoxy) is 1. The molecule has 214 valence electrons. The quantitative estimate of drug-likeness (QED) is 0.0690. The first-order valence-electron chi connectivity index (χ1n) is 14.2. The molecular weight excluding hydrogens is 531 g/mol. The number of nitrogens with one attached hydrogen (secondary N) is 1. The molecule has 1 N–H and O–H groups in total. The normalized spacial score (nSPS) is 11.0. The van der Waals surface area contributed by atoms with E-state index in [-0.39, 0.29) is 17.7 Å². The zero-order valence-electron chi connectivity index (χ0n) is 23.6. The molecule has 0 aromatic heterocycles. The average molecular weight is 565 g/mol. The number of aromatic nitrogens is 3. The molecule has 3 aromatic carbocycles. The van der Waals surface area contributed by atoms with Crippen molar-refractivity contribution in [2.75, 3.05) is 13.2 Å². The Morgan fingerprint density at radius 3 is 2.52 bits per heavy atom. The molecule has 0 spiro atoms. The summed E-state index contributed by atoms with van der Waals surface area (Å²) in [7, 11) is 0. The summed E-state index contributed by atoms with van der Waals surface area (Å²) in [5.74, 6) is 0.286. The van der Waals surface area contributed by atoms with Crippen LogP contribution in [0, 0.1) is 12.7 Å². The summed E-state index contributed by atoms with van der Waals surface area (Å²) < 4.78 is 22.1. The summed E-state index contributed by atoms with van der Waals surface area (Å²) in [6.45, 7) is 2.93. The SMILES string of the molecule is Cc1ccc(-c2cn3c(=O)c(Cc4ccc(OCCCCCCN=[N+]=[N-])c(F)c4)nc-3c(Cc3ccccc3)[nH]2)cc1. The van der Waals surface area contributed by atoms with Crippen molar-refractivity contribution in [3.63, 3.8) is 0 Å². The molecule has 2 heterocycles. The molecule has 0 fully saturated rings. The first-order valence-corrected chi connectivity index (χ1v) is 14.2. The van der Waals surface area contributed by atoms with Crippen molar-refractivity contribution < 1.29 is 9.13 Å². The Morgan fingerprint density at radius 1 is 0.976 bits per heavy atom. The van der Waals surface area contributed by atoms with Gasteiger partial charge in [-0.3, -0.25) is 9.36 Å². The Morgan fingerprint density at radius 2 is 1.76 bits per heavy atom. The van der Waals surface area contributed by atoms with Crippen molar-refractivity contribution in [3.05, 3.63) is 134 Å². The molecule has 0 unspecified atom stereocenters. The van der Waals surface area contributed by atoms with Crippen LogP contribution in [0.25, 0.3) is 27.5 Å². The van der Waals surface area contributed by atoms with Crippen LogP contribution >= 0.6 is 0 Å². The predicted molar refractivity (Wildman–Crippen MR) is 162 cm³/mol. The van der Waals surface area contributed by atoms with E-state index in [0.717, 1.165) is 53.8 Å². The Labute approximate surface area is 243 Å². The maximum Gasteiger partial charge on any atom is 0.278 e. The second-order valence-electron chi connectivity index (χ2n) is 10.4. The highest BCUT2D eigenvalue weighted by molar-refractivity contribution is 5.60. The zero-order valence-corrected chi connectivity index (χ0v) is 23.6. The van der Waals surface area contributed by atoms with Crippen LogP contribution in [0.3, 0.4) is 0 Å². The fraction of sp³-hybridized carbons (Fsp3) is 0.273. The van der Waals surface area contributed by atoms with Crippen molar-refractivity contribution in [3.8, 4) is 22.8 Å². The van der Waals surface area contributed by atoms with Crippen LogP contribution in [0.2, 0.25) is 0 Å². The van der Waals surface area contributed by atoms with Gasteiger partial charge in [-0.05, 0) is 54.1 Å². The molecule has 0 amide bonds. The third kappa shape index (κ3) is 7.06. The van der Waals surface area contributed by atoms with Gasteiger partial charge in [0.05, 0.1) is 18.0 Å². The molecule has 0 bridgehead atoms. The van der Waals surface area contributed by atoms with E-state index in [0.29, 0.717) is 36.6 Å². The summed E-state index contributed by atoms with van der Waals surface area (Å²) in [4.78, 5) is 24.6. The van der Waals surface area contributed by atoms with Crippen LogP contribution in [-0.4, -0.2) is 27.7 Å². The number of unbranched alkanes of at least 4 members (excludes halogenated alkanes) is 3. The van der Waals surface area contributed by atoms with E-state index < -0.39 is 5.82 Å². The van der Waals surface area contributed by atoms with Gasteiger partial charge in [0.15, 0.2) is 17.4 Å². The van der Waals surface area contributed by atoms with Gasteiger partial charge in [-0.25, -0.2) is 9.37 Å². The van der Waals surface area contributed by atoms with Gasteiger partial charge in [-0.2, -0.15) is 0 Å². The second-order valence-corrected chi connectivity index (χ2v) is 10.4. The Kier molecular flexibility index (Phi) is 9.31. The largest absolute Gasteiger partial charge is 0.491 e. The van der Waals surface area contributed by atoms with E-state index in [9.17, 15) is 9.18 Å². The lowest BCUT2D eigenvalue weighted by Crippen LogP contribution is -2.18. The summed E-state index contributed by atoms with van der Waals surface area (Å²) >= 11 is 0. The van der Waals surface area contributed by atoms with Crippen molar-refractivity contribution in [2.45, 2.75) is 45.4 Å². The first-order chi connectivity index (χ1) is 20.5. The summed E-state index contributed by atoms with van der Waals surface area (Å²) in [6.07, 6.45) is 6.03. The van der Waals surface area contributed by atoms with Gasteiger partial charge >= 0.3 is 0 Å². The molecule has 42 heavy (non-hydrogen) atoms. The lowest BCUT2D eigenvalue weighted by atomic mass is 10.1. The third-order valence-electron chi connectivity index (χ3n) is 7.18. The van der Waals surface area contributed by atoms with E-state index in [1.807, 2.05) is 61.5 Å². The van der Waals surface area contributed by atoms with Crippen LogP contribution in [-0.2, 0) is 12.8 Å². The van der Waals surface area contributed by atoms with Crippen LogP contribution < -0.4 is 10.3 Å². The minimum absolute atomic E-state index is 0.188. The number of nitrogens with zero attached hydrogens (tertiary/aromatic N) is 5. The van der Waals surface area contributed by atoms with E-state index >= 15 is 0 Å². The highest BCUT2D eigenvalue weighted by Gasteiger charge is 2.21. The molecule has 5 rings (SSSR count). The van der Waals surface area contributed by atoms with E-state index in [4.69, 9.17) is 15.3 Å². The fourth-order valence-electron chi connectivity index (χ4n) is 4.93. The van der Waals surface area contributed by atoms with Crippen LogP contribution in [0.15, 0.2) is 88.9 Å². The highest BCUT2D eigenvalue weighted by atomic mass is 19.1. The maximum atomic E-state index is 14.9. The van der Waals surface area contributed by atoms with E-state index in [2.05, 4.69) is 15.0 Å². The molecule has 0 aliphatic carbocycles. The standard InChI is InChI=1S/C33H33FN6O2/c1-23-11-14-26(15-12-23)30-22-40-32(28(37-30)20-24-9-5-4-6-10-24)38-29(33(40)41)21-25-13-16-31(27(34)19-25)42-18-8-3-2-7-17-36-39-35/h4-6,9-16,19,22,37H,2-3,7-8,17-18,20-21H2,1H3. The number of fused-ring (bicyclic) bond motifs is 1. The number of benzene rings is 3. The summed E-state index contributed by atoms with van der Waals surface area (Å²) in [5, 5.41) is 3.52. The highest BCUT2D eigenvalue weighted by Crippen LogP contribution is 2.25. The van der Waals surface area contributed by atoms with Gasteiger partial charge in [-0.1, -0.05) is 84.2 Å². The Balaban J connectivity index is 1.35. The van der Waals surface area contributed by atoms with Gasteiger partial charge in [0.1, 0.15) is 5.69 Å². The van der Waals surface area contributed by atoms with Crippen molar-refractivity contribution >= 4 is 0 Å². The topological polar surface area (TPSA) is 109 Å². The fourth-order valence-corrected chi connectivity index (χ4v) is 4.93. The Bertz CT molecular complexity index is 1710. The van der Waals surface area contributed by atoms with Crippen LogP contribution in [0.5, 0.6) is 5.75 Å². The van der Waals surface area contributed by atoms with Gasteiger partial charge in [-0.15, -0.1) is 0 Å². The van der Waals surface area contributed by atoms with E-state index in [1.165, 1.54) is 6.07 Å². The average Bonchev–Trinajstić information content (AvgIpc) is 3.31. The third-order valence-corrected chi connectivity index (χ3v) is 7.18. The molecule has 0 saturated heterocycles. The lowest BCUT2D eigenvalue weighted by Gasteiger charge is -2.13. The van der Waals surface area contributed by atoms with Gasteiger partial charge < -0.3 is 9.72 Å². The number of rotatable bonds is 13. The van der Waals surface area contributed by atoms with E-state index in [1.54, 1.807) is 22.9 Å². The lowest BCUT2D eigenvalue weighted by molar-refractivity contribution is 0.290. The van der Waals surface area contributed by atoms with Crippen molar-refractivity contribution in [1.82, 2.24) is 14.5 Å². The molecule has 2 aliphatic heterocycles. The molecular formula is C33H33FN6O2. The minimum Gasteiger partial charge on any atom is -0.491 e. The number of hydrogen-bond donors (Lipinski definition) is 1.